The molecule has 142 valence electrons. The van der Waals surface area contributed by atoms with Crippen molar-refractivity contribution >= 4 is 40.5 Å². The maximum Gasteiger partial charge on any atom is 0.344 e. The Bertz CT molecular complexity index is 869. The van der Waals surface area contributed by atoms with Gasteiger partial charge in [-0.1, -0.05) is 6.92 Å². The summed E-state index contributed by atoms with van der Waals surface area (Å²) in [6, 6.07) is 1.42. The Morgan fingerprint density at radius 3 is 2.85 bits per heavy atom. The van der Waals surface area contributed by atoms with E-state index in [2.05, 4.69) is 22.7 Å². The van der Waals surface area contributed by atoms with Crippen LogP contribution >= 0.6 is 22.7 Å². The Balaban J connectivity index is 1.39. The van der Waals surface area contributed by atoms with Crippen LogP contribution in [0.1, 0.15) is 38.3 Å². The van der Waals surface area contributed by atoms with E-state index in [0.29, 0.717) is 24.5 Å². The summed E-state index contributed by atoms with van der Waals surface area (Å²) in [4.78, 5) is 41.8. The average Bonchev–Trinajstić information content (AvgIpc) is 3.36. The van der Waals surface area contributed by atoms with Gasteiger partial charge in [0.15, 0.2) is 0 Å². The third kappa shape index (κ3) is 3.49. The molecule has 2 fully saturated rings. The Hall–Kier alpha value is -2.26. The average molecular weight is 405 g/mol. The number of hydrogen-bond donors (Lipinski definition) is 2. The largest absolute Gasteiger partial charge is 0.344 e. The van der Waals surface area contributed by atoms with E-state index in [-0.39, 0.29) is 12.3 Å². The second-order valence-electron chi connectivity index (χ2n) is 7.20. The number of thiazole rings is 1. The number of aromatic nitrogens is 1. The summed E-state index contributed by atoms with van der Waals surface area (Å²) in [5.41, 5.74) is 3.24. The molecule has 2 aromatic heterocycles. The van der Waals surface area contributed by atoms with Crippen molar-refractivity contribution in [1.29, 1.82) is 0 Å². The molecule has 3 heterocycles. The maximum atomic E-state index is 12.8. The van der Waals surface area contributed by atoms with Gasteiger partial charge in [0.2, 0.25) is 5.91 Å². The number of imide groups is 1. The highest BCUT2D eigenvalue weighted by molar-refractivity contribution is 7.14. The predicted molar refractivity (Wildman–Crippen MR) is 103 cm³/mol. The van der Waals surface area contributed by atoms with E-state index in [1.165, 1.54) is 11.3 Å². The lowest BCUT2D eigenvalue weighted by Gasteiger charge is -2.33. The van der Waals surface area contributed by atoms with Gasteiger partial charge in [0.05, 0.1) is 12.1 Å². The summed E-state index contributed by atoms with van der Waals surface area (Å²) in [6.07, 6.45) is 3.01. The van der Waals surface area contributed by atoms with Crippen LogP contribution in [0.2, 0.25) is 0 Å². The van der Waals surface area contributed by atoms with E-state index in [4.69, 9.17) is 0 Å². The minimum Gasteiger partial charge on any atom is -0.322 e. The number of carbonyl (C=O) groups is 3. The van der Waals surface area contributed by atoms with Crippen LogP contribution in [-0.2, 0) is 16.0 Å². The molecule has 0 radical (unpaired) electrons. The SMILES string of the molecule is CC1CCC2(CC1)NC(=O)N(NC(=O)Cc1csc(-c3ccsc3)n1)C2=O. The Morgan fingerprint density at radius 2 is 2.15 bits per heavy atom. The van der Waals surface area contributed by atoms with E-state index in [1.54, 1.807) is 11.3 Å². The van der Waals surface area contributed by atoms with Crippen molar-refractivity contribution in [2.45, 2.75) is 44.6 Å². The first-order chi connectivity index (χ1) is 13.0. The van der Waals surface area contributed by atoms with E-state index in [0.717, 1.165) is 28.4 Å². The number of thiophene rings is 1. The highest BCUT2D eigenvalue weighted by atomic mass is 32.1. The monoisotopic (exact) mass is 404 g/mol. The molecule has 4 amide bonds. The van der Waals surface area contributed by atoms with Crippen LogP contribution in [0.3, 0.4) is 0 Å². The lowest BCUT2D eigenvalue weighted by atomic mass is 9.77. The van der Waals surface area contributed by atoms with Crippen LogP contribution < -0.4 is 10.7 Å². The van der Waals surface area contributed by atoms with Gasteiger partial charge in [-0.2, -0.15) is 16.3 Å². The van der Waals surface area contributed by atoms with Gasteiger partial charge in [-0.15, -0.1) is 11.3 Å². The van der Waals surface area contributed by atoms with Crippen LogP contribution in [0.25, 0.3) is 10.6 Å². The molecule has 0 atom stereocenters. The number of hydrazine groups is 1. The van der Waals surface area contributed by atoms with Gasteiger partial charge in [0, 0.05) is 16.3 Å². The third-order valence-electron chi connectivity index (χ3n) is 5.19. The molecule has 1 saturated carbocycles. The molecule has 0 unspecified atom stereocenters. The number of hydrogen-bond acceptors (Lipinski definition) is 6. The molecule has 1 saturated heterocycles. The predicted octanol–water partition coefficient (Wildman–Crippen LogP) is 2.95. The molecule has 2 aliphatic rings. The van der Waals surface area contributed by atoms with E-state index >= 15 is 0 Å². The van der Waals surface area contributed by atoms with Gasteiger partial charge >= 0.3 is 6.03 Å². The van der Waals surface area contributed by atoms with Gasteiger partial charge < -0.3 is 5.32 Å². The number of amides is 4. The van der Waals surface area contributed by atoms with Crippen molar-refractivity contribution in [2.24, 2.45) is 5.92 Å². The van der Waals surface area contributed by atoms with E-state index in [1.807, 2.05) is 22.2 Å². The molecule has 2 aromatic rings. The fourth-order valence-electron chi connectivity index (χ4n) is 3.55. The molecule has 0 bridgehead atoms. The molecule has 1 spiro atoms. The number of urea groups is 1. The van der Waals surface area contributed by atoms with Gasteiger partial charge in [0.1, 0.15) is 10.5 Å². The standard InChI is InChI=1S/C18H20N4O3S2/c1-11-2-5-18(6-3-11)16(24)22(17(25)20-18)21-14(23)8-13-10-27-15(19-13)12-4-7-26-9-12/h4,7,9-11H,2-3,5-6,8H2,1H3,(H,20,25)(H,21,23). The molecule has 2 N–H and O–H groups in total. The molecule has 27 heavy (non-hydrogen) atoms. The minimum atomic E-state index is -0.858. The van der Waals surface area contributed by atoms with Gasteiger partial charge in [-0.3, -0.25) is 15.0 Å². The zero-order valence-electron chi connectivity index (χ0n) is 14.9. The summed E-state index contributed by atoms with van der Waals surface area (Å²) in [5.74, 6) is -0.238. The lowest BCUT2D eigenvalue weighted by Crippen LogP contribution is -2.51. The van der Waals surface area contributed by atoms with Crippen molar-refractivity contribution in [3.63, 3.8) is 0 Å². The summed E-state index contributed by atoms with van der Waals surface area (Å²) in [5, 5.41) is 10.3. The zero-order valence-corrected chi connectivity index (χ0v) is 16.5. The molecule has 0 aromatic carbocycles. The topological polar surface area (TPSA) is 91.4 Å². The molecular formula is C18H20N4O3S2. The van der Waals surface area contributed by atoms with Crippen molar-refractivity contribution in [3.8, 4) is 10.6 Å². The highest BCUT2D eigenvalue weighted by Gasteiger charge is 2.52. The van der Waals surface area contributed by atoms with Crippen molar-refractivity contribution in [2.75, 3.05) is 0 Å². The van der Waals surface area contributed by atoms with Crippen LogP contribution in [0.15, 0.2) is 22.2 Å². The second-order valence-corrected chi connectivity index (χ2v) is 8.84. The molecule has 4 rings (SSSR count). The Morgan fingerprint density at radius 1 is 1.37 bits per heavy atom. The second kappa shape index (κ2) is 7.05. The number of carbonyl (C=O) groups excluding carboxylic acids is 3. The molecule has 9 heteroatoms. The van der Waals surface area contributed by atoms with Crippen molar-refractivity contribution < 1.29 is 14.4 Å². The van der Waals surface area contributed by atoms with Crippen LogP contribution in [0.4, 0.5) is 4.79 Å². The Kier molecular flexibility index (Phi) is 4.73. The first-order valence-electron chi connectivity index (χ1n) is 8.90. The lowest BCUT2D eigenvalue weighted by molar-refractivity contribution is -0.139. The number of rotatable bonds is 4. The molecule has 1 aliphatic heterocycles. The first kappa shape index (κ1) is 18.1. The number of nitrogens with zero attached hydrogens (tertiary/aromatic N) is 2. The third-order valence-corrected chi connectivity index (χ3v) is 6.81. The van der Waals surface area contributed by atoms with Gasteiger partial charge in [-0.25, -0.2) is 9.78 Å². The molecule has 1 aliphatic carbocycles. The molecule has 7 nitrogen and oxygen atoms in total. The van der Waals surface area contributed by atoms with Crippen molar-refractivity contribution in [3.05, 3.63) is 27.9 Å². The summed E-state index contributed by atoms with van der Waals surface area (Å²) >= 11 is 3.06. The van der Waals surface area contributed by atoms with E-state index < -0.39 is 17.5 Å². The minimum absolute atomic E-state index is 0.0156. The fraction of sp³-hybridized carbons (Fsp3) is 0.444. The zero-order chi connectivity index (χ0) is 19.0. The molecular weight excluding hydrogens is 384 g/mol. The highest BCUT2D eigenvalue weighted by Crippen LogP contribution is 2.35. The van der Waals surface area contributed by atoms with E-state index in [9.17, 15) is 14.4 Å². The van der Waals surface area contributed by atoms with Gasteiger partial charge in [0.25, 0.3) is 5.91 Å². The summed E-state index contributed by atoms with van der Waals surface area (Å²) < 4.78 is 0. The summed E-state index contributed by atoms with van der Waals surface area (Å²) in [7, 11) is 0. The van der Waals surface area contributed by atoms with Crippen LogP contribution in [0, 0.1) is 5.92 Å². The summed E-state index contributed by atoms with van der Waals surface area (Å²) in [6.45, 7) is 2.14. The fourth-order valence-corrected chi connectivity index (χ4v) is 5.08. The quantitative estimate of drug-likeness (QED) is 0.767. The Labute approximate surface area is 164 Å². The normalized spacial score (nSPS) is 25.1. The smallest absolute Gasteiger partial charge is 0.322 e. The van der Waals surface area contributed by atoms with Crippen molar-refractivity contribution in [1.82, 2.24) is 20.7 Å². The van der Waals surface area contributed by atoms with Crippen LogP contribution in [-0.4, -0.2) is 33.4 Å². The maximum absolute atomic E-state index is 12.8. The van der Waals surface area contributed by atoms with Crippen LogP contribution in [0.5, 0.6) is 0 Å². The first-order valence-corrected chi connectivity index (χ1v) is 10.7. The van der Waals surface area contributed by atoms with Gasteiger partial charge in [-0.05, 0) is 43.0 Å². The number of nitrogens with one attached hydrogen (secondary N) is 2.